The Kier molecular flexibility index (Phi) is 10.7. The third kappa shape index (κ3) is 10.8. The minimum absolute atomic E-state index is 0.0748. The van der Waals surface area contributed by atoms with Crippen molar-refractivity contribution in [2.75, 3.05) is 12.3 Å². The summed E-state index contributed by atoms with van der Waals surface area (Å²) in [6, 6.07) is 6.62. The number of hydrogen-bond acceptors (Lipinski definition) is 4. The Morgan fingerprint density at radius 1 is 1.04 bits per heavy atom. The molecule has 1 aromatic carbocycles. The van der Waals surface area contributed by atoms with E-state index in [0.29, 0.717) is 38.6 Å². The summed E-state index contributed by atoms with van der Waals surface area (Å²) >= 11 is 0. The smallest absolute Gasteiger partial charge is 0.335 e. The van der Waals surface area contributed by atoms with Crippen LogP contribution in [-0.2, 0) is 16.4 Å². The number of unbranched alkanes of at least 4 members (excludes halogenated alkanes) is 3. The molecule has 160 valence electrons. The van der Waals surface area contributed by atoms with Crippen LogP contribution in [0.1, 0.15) is 81.1 Å². The van der Waals surface area contributed by atoms with Crippen LogP contribution >= 0.6 is 0 Å². The van der Waals surface area contributed by atoms with Gasteiger partial charge in [0.1, 0.15) is 0 Å². The summed E-state index contributed by atoms with van der Waals surface area (Å²) in [6.45, 7) is 4.32. The maximum Gasteiger partial charge on any atom is 0.335 e. The van der Waals surface area contributed by atoms with Gasteiger partial charge in [-0.2, -0.15) is 0 Å². The zero-order chi connectivity index (χ0) is 21.0. The van der Waals surface area contributed by atoms with Crippen LogP contribution in [0.2, 0.25) is 0 Å². The van der Waals surface area contributed by atoms with Crippen LogP contribution in [0.5, 0.6) is 0 Å². The quantitative estimate of drug-likeness (QED) is 0.380. The van der Waals surface area contributed by atoms with Gasteiger partial charge in [-0.25, -0.2) is 17.9 Å². The summed E-state index contributed by atoms with van der Waals surface area (Å²) in [6.07, 6.45) is 7.18. The molecule has 0 aliphatic carbocycles. The molecule has 0 spiro atoms. The van der Waals surface area contributed by atoms with Gasteiger partial charge in [0.2, 0.25) is 10.0 Å². The highest BCUT2D eigenvalue weighted by molar-refractivity contribution is 7.89. The van der Waals surface area contributed by atoms with Crippen molar-refractivity contribution < 1.29 is 23.4 Å². The first kappa shape index (κ1) is 24.6. The topological polar surface area (TPSA) is 104 Å². The summed E-state index contributed by atoms with van der Waals surface area (Å²) in [5.41, 5.74) is 0.519. The molecule has 0 amide bonds. The van der Waals surface area contributed by atoms with E-state index in [1.54, 1.807) is 24.3 Å². The number of carboxylic acid groups (broad SMARTS) is 1. The monoisotopic (exact) mass is 413 g/mol. The standard InChI is InChI=1S/C21H35NO5S/c1-3-4-5-14-21(2,25)15-6-7-17-28(26,27)22-16-8-9-18-10-12-19(13-11-18)20(23)24/h10-13,22,25H,3-9,14-17H2,1-2H3,(H,23,24). The molecule has 7 heteroatoms. The molecule has 0 bridgehead atoms. The first-order valence-electron chi connectivity index (χ1n) is 10.2. The third-order valence-corrected chi connectivity index (χ3v) is 6.33. The Hall–Kier alpha value is -1.44. The van der Waals surface area contributed by atoms with Gasteiger partial charge in [-0.1, -0.05) is 38.3 Å². The van der Waals surface area contributed by atoms with E-state index in [-0.39, 0.29) is 11.3 Å². The van der Waals surface area contributed by atoms with Gasteiger partial charge in [0.15, 0.2) is 0 Å². The third-order valence-electron chi connectivity index (χ3n) is 4.86. The number of aromatic carboxylic acids is 1. The van der Waals surface area contributed by atoms with Gasteiger partial charge in [0.25, 0.3) is 0 Å². The lowest BCUT2D eigenvalue weighted by molar-refractivity contribution is 0.0372. The molecule has 0 heterocycles. The van der Waals surface area contributed by atoms with Gasteiger partial charge in [0.05, 0.1) is 16.9 Å². The zero-order valence-electron chi connectivity index (χ0n) is 17.1. The second-order valence-corrected chi connectivity index (χ2v) is 9.66. The number of sulfonamides is 1. The number of aryl methyl sites for hydroxylation is 1. The molecule has 0 saturated carbocycles. The second kappa shape index (κ2) is 12.2. The van der Waals surface area contributed by atoms with Crippen LogP contribution in [0, 0.1) is 0 Å². The van der Waals surface area contributed by atoms with Crippen molar-refractivity contribution in [1.82, 2.24) is 4.72 Å². The van der Waals surface area contributed by atoms with Crippen molar-refractivity contribution in [1.29, 1.82) is 0 Å². The van der Waals surface area contributed by atoms with E-state index in [0.717, 1.165) is 31.2 Å². The molecule has 3 N–H and O–H groups in total. The molecule has 0 fully saturated rings. The number of carbonyl (C=O) groups is 1. The van der Waals surface area contributed by atoms with Crippen molar-refractivity contribution in [3.63, 3.8) is 0 Å². The Morgan fingerprint density at radius 3 is 2.21 bits per heavy atom. The summed E-state index contributed by atoms with van der Waals surface area (Å²) in [5.74, 6) is -0.882. The summed E-state index contributed by atoms with van der Waals surface area (Å²) in [7, 11) is -3.30. The fraction of sp³-hybridized carbons (Fsp3) is 0.667. The summed E-state index contributed by atoms with van der Waals surface area (Å²) in [5, 5.41) is 19.2. The van der Waals surface area contributed by atoms with Crippen LogP contribution in [0.15, 0.2) is 24.3 Å². The molecule has 0 saturated heterocycles. The van der Waals surface area contributed by atoms with Crippen LogP contribution in [0.4, 0.5) is 0 Å². The lowest BCUT2D eigenvalue weighted by atomic mass is 9.93. The molecule has 0 aromatic heterocycles. The average Bonchev–Trinajstić information content (AvgIpc) is 2.63. The number of hydrogen-bond donors (Lipinski definition) is 3. The Bertz CT molecular complexity index is 683. The SMILES string of the molecule is CCCCCC(C)(O)CCCCS(=O)(=O)NCCCc1ccc(C(=O)O)cc1. The van der Waals surface area contributed by atoms with E-state index in [9.17, 15) is 18.3 Å². The molecule has 28 heavy (non-hydrogen) atoms. The van der Waals surface area contributed by atoms with E-state index >= 15 is 0 Å². The van der Waals surface area contributed by atoms with Crippen LogP contribution in [0.3, 0.4) is 0 Å². The second-order valence-electron chi connectivity index (χ2n) is 7.73. The van der Waals surface area contributed by atoms with Crippen LogP contribution in [-0.4, -0.2) is 42.5 Å². The van der Waals surface area contributed by atoms with Gasteiger partial charge >= 0.3 is 5.97 Å². The molecule has 0 aliphatic rings. The van der Waals surface area contributed by atoms with E-state index < -0.39 is 21.6 Å². The highest BCUT2D eigenvalue weighted by Crippen LogP contribution is 2.21. The lowest BCUT2D eigenvalue weighted by Gasteiger charge is -2.23. The molecule has 1 aromatic rings. The molecule has 1 atom stereocenters. The van der Waals surface area contributed by atoms with Crippen molar-refractivity contribution in [3.05, 3.63) is 35.4 Å². The molecular weight excluding hydrogens is 378 g/mol. The van der Waals surface area contributed by atoms with Gasteiger partial charge in [-0.3, -0.25) is 0 Å². The number of nitrogens with one attached hydrogen (secondary N) is 1. The van der Waals surface area contributed by atoms with Gasteiger partial charge in [0, 0.05) is 6.54 Å². The average molecular weight is 414 g/mol. The lowest BCUT2D eigenvalue weighted by Crippen LogP contribution is -2.28. The van der Waals surface area contributed by atoms with Crippen LogP contribution < -0.4 is 4.72 Å². The predicted octanol–water partition coefficient (Wildman–Crippen LogP) is 3.74. The number of rotatable bonds is 15. The van der Waals surface area contributed by atoms with Gasteiger partial charge in [-0.05, 0) is 63.1 Å². The van der Waals surface area contributed by atoms with E-state index in [4.69, 9.17) is 5.11 Å². The Balaban J connectivity index is 2.21. The predicted molar refractivity (Wildman–Crippen MR) is 112 cm³/mol. The van der Waals surface area contributed by atoms with E-state index in [2.05, 4.69) is 11.6 Å². The first-order chi connectivity index (χ1) is 13.2. The van der Waals surface area contributed by atoms with Crippen molar-refractivity contribution in [2.24, 2.45) is 0 Å². The number of aliphatic hydroxyl groups is 1. The minimum Gasteiger partial charge on any atom is -0.478 e. The maximum absolute atomic E-state index is 12.1. The molecule has 1 unspecified atom stereocenters. The molecule has 0 aliphatic heterocycles. The first-order valence-corrected chi connectivity index (χ1v) is 11.8. The molecular formula is C21H35NO5S. The minimum atomic E-state index is -3.30. The van der Waals surface area contributed by atoms with Crippen molar-refractivity contribution in [3.8, 4) is 0 Å². The zero-order valence-corrected chi connectivity index (χ0v) is 17.9. The van der Waals surface area contributed by atoms with Gasteiger partial charge < -0.3 is 10.2 Å². The summed E-state index contributed by atoms with van der Waals surface area (Å²) in [4.78, 5) is 10.8. The van der Waals surface area contributed by atoms with Crippen molar-refractivity contribution >= 4 is 16.0 Å². The highest BCUT2D eigenvalue weighted by atomic mass is 32.2. The van der Waals surface area contributed by atoms with E-state index in [1.807, 2.05) is 6.92 Å². The van der Waals surface area contributed by atoms with Gasteiger partial charge in [-0.15, -0.1) is 0 Å². The Labute approximate surface area is 169 Å². The molecule has 0 radical (unpaired) electrons. The number of benzene rings is 1. The maximum atomic E-state index is 12.1. The molecule has 6 nitrogen and oxygen atoms in total. The normalized spacial score (nSPS) is 14.0. The van der Waals surface area contributed by atoms with E-state index in [1.165, 1.54) is 0 Å². The fourth-order valence-electron chi connectivity index (χ4n) is 3.09. The number of carboxylic acids is 1. The fourth-order valence-corrected chi connectivity index (χ4v) is 4.27. The highest BCUT2D eigenvalue weighted by Gasteiger charge is 2.19. The largest absolute Gasteiger partial charge is 0.478 e. The Morgan fingerprint density at radius 2 is 1.64 bits per heavy atom. The van der Waals surface area contributed by atoms with Crippen LogP contribution in [0.25, 0.3) is 0 Å². The van der Waals surface area contributed by atoms with Crippen molar-refractivity contribution in [2.45, 2.75) is 77.2 Å². The molecule has 1 rings (SSSR count). The summed E-state index contributed by atoms with van der Waals surface area (Å²) < 4.78 is 26.7.